The van der Waals surface area contributed by atoms with Gasteiger partial charge in [-0.25, -0.2) is 0 Å². The first-order chi connectivity index (χ1) is 9.11. The molecule has 0 heterocycles. The third-order valence-electron chi connectivity index (χ3n) is 2.77. The van der Waals surface area contributed by atoms with Crippen molar-refractivity contribution in [2.45, 2.75) is 51.5 Å². The van der Waals surface area contributed by atoms with Gasteiger partial charge in [0.05, 0.1) is 0 Å². The third-order valence-corrected chi connectivity index (χ3v) is 2.77. The number of allylic oxidation sites excluding steroid dienone is 1. The molecule has 0 aliphatic rings. The Balaban J connectivity index is 3.83. The van der Waals surface area contributed by atoms with Gasteiger partial charge in [0.1, 0.15) is 12.6 Å². The number of hydrogen-bond donors (Lipinski definition) is 2. The molecule has 0 aliphatic heterocycles. The Hall–Kier alpha value is -1.36. The number of carbonyl (C=O) groups is 2. The molecular formula is C14H26N2O3. The normalized spacial score (nSPS) is 11.8. The van der Waals surface area contributed by atoms with E-state index in [1.165, 1.54) is 0 Å². The van der Waals surface area contributed by atoms with Gasteiger partial charge >= 0.3 is 0 Å². The minimum absolute atomic E-state index is 0.0282. The van der Waals surface area contributed by atoms with Crippen molar-refractivity contribution >= 4 is 11.8 Å². The molecule has 3 N–H and O–H groups in total. The van der Waals surface area contributed by atoms with Gasteiger partial charge in [-0.1, -0.05) is 25.3 Å². The van der Waals surface area contributed by atoms with E-state index in [-0.39, 0.29) is 12.5 Å². The number of nitrogens with one attached hydrogen (secondary N) is 1. The highest BCUT2D eigenvalue weighted by Gasteiger charge is 2.17. The molecule has 0 aromatic carbocycles. The summed E-state index contributed by atoms with van der Waals surface area (Å²) in [5.41, 5.74) is 5.27. The molecule has 0 aromatic rings. The quantitative estimate of drug-likeness (QED) is 0.417. The van der Waals surface area contributed by atoms with Crippen molar-refractivity contribution in [3.8, 4) is 0 Å². The first kappa shape index (κ1) is 17.6. The second-order valence-corrected chi connectivity index (χ2v) is 4.44. The Bertz CT molecular complexity index is 280. The first-order valence-electron chi connectivity index (χ1n) is 6.89. The summed E-state index contributed by atoms with van der Waals surface area (Å²) in [5, 5.41) is 2.60. The van der Waals surface area contributed by atoms with E-state index in [0.717, 1.165) is 32.1 Å². The molecule has 0 spiro atoms. The van der Waals surface area contributed by atoms with Crippen LogP contribution in [0.15, 0.2) is 12.7 Å². The molecule has 110 valence electrons. The van der Waals surface area contributed by atoms with Crippen molar-refractivity contribution < 1.29 is 14.3 Å². The van der Waals surface area contributed by atoms with Crippen LogP contribution in [0.2, 0.25) is 0 Å². The molecule has 0 aliphatic carbocycles. The zero-order valence-electron chi connectivity index (χ0n) is 11.8. The number of carbonyl (C=O) groups excluding carboxylic acids is 2. The third kappa shape index (κ3) is 10.3. The number of nitrogens with two attached hydrogens (primary N) is 1. The van der Waals surface area contributed by atoms with E-state index in [2.05, 4.69) is 11.9 Å². The molecule has 2 amide bonds. The van der Waals surface area contributed by atoms with Crippen LogP contribution in [0.25, 0.3) is 0 Å². The predicted molar refractivity (Wildman–Crippen MR) is 75.5 cm³/mol. The van der Waals surface area contributed by atoms with Gasteiger partial charge < -0.3 is 15.8 Å². The molecule has 0 rings (SSSR count). The summed E-state index contributed by atoms with van der Waals surface area (Å²) in [5.74, 6) is -0.784. The van der Waals surface area contributed by atoms with Crippen molar-refractivity contribution in [1.82, 2.24) is 5.32 Å². The van der Waals surface area contributed by atoms with Crippen molar-refractivity contribution in [3.63, 3.8) is 0 Å². The number of ether oxygens (including phenoxy) is 1. The minimum atomic E-state index is -0.590. The molecule has 0 saturated heterocycles. The summed E-state index contributed by atoms with van der Waals surface area (Å²) in [6.45, 7) is 5.92. The lowest BCUT2D eigenvalue weighted by molar-refractivity contribution is -0.130. The van der Waals surface area contributed by atoms with Crippen LogP contribution in [-0.4, -0.2) is 31.1 Å². The van der Waals surface area contributed by atoms with E-state index in [9.17, 15) is 9.59 Å². The second kappa shape index (κ2) is 11.7. The Kier molecular flexibility index (Phi) is 10.9. The maximum Gasteiger partial charge on any atom is 0.246 e. The fourth-order valence-corrected chi connectivity index (χ4v) is 1.71. The summed E-state index contributed by atoms with van der Waals surface area (Å²) >= 11 is 0. The fraction of sp³-hybridized carbons (Fsp3) is 0.714. The summed E-state index contributed by atoms with van der Waals surface area (Å²) in [6, 6.07) is -0.590. The Labute approximate surface area is 115 Å². The average Bonchev–Trinajstić information content (AvgIpc) is 2.38. The van der Waals surface area contributed by atoms with Crippen LogP contribution in [0.4, 0.5) is 0 Å². The fourth-order valence-electron chi connectivity index (χ4n) is 1.71. The lowest BCUT2D eigenvalue weighted by Gasteiger charge is -2.15. The van der Waals surface area contributed by atoms with E-state index < -0.39 is 11.9 Å². The van der Waals surface area contributed by atoms with Crippen molar-refractivity contribution in [1.29, 1.82) is 0 Å². The maximum atomic E-state index is 11.4. The predicted octanol–water partition coefficient (Wildman–Crippen LogP) is 1.52. The zero-order valence-corrected chi connectivity index (χ0v) is 11.8. The number of unbranched alkanes of at least 4 members (excludes halogenated alkanes) is 4. The average molecular weight is 270 g/mol. The summed E-state index contributed by atoms with van der Waals surface area (Å²) < 4.78 is 4.97. The Morgan fingerprint density at radius 3 is 2.58 bits per heavy atom. The van der Waals surface area contributed by atoms with Gasteiger partial charge in [-0.05, 0) is 26.2 Å². The Morgan fingerprint density at radius 2 is 2.00 bits per heavy atom. The molecule has 0 saturated carbocycles. The van der Waals surface area contributed by atoms with Gasteiger partial charge in [0.2, 0.25) is 11.8 Å². The van der Waals surface area contributed by atoms with Gasteiger partial charge in [0.15, 0.2) is 0 Å². The van der Waals surface area contributed by atoms with Crippen molar-refractivity contribution in [2.24, 2.45) is 5.73 Å². The highest BCUT2D eigenvalue weighted by atomic mass is 16.5. The highest BCUT2D eigenvalue weighted by Crippen LogP contribution is 2.07. The first-order valence-corrected chi connectivity index (χ1v) is 6.89. The van der Waals surface area contributed by atoms with Gasteiger partial charge in [0.25, 0.3) is 0 Å². The van der Waals surface area contributed by atoms with Gasteiger partial charge in [0, 0.05) is 6.61 Å². The van der Waals surface area contributed by atoms with Crippen LogP contribution < -0.4 is 11.1 Å². The largest absolute Gasteiger partial charge is 0.372 e. The van der Waals surface area contributed by atoms with E-state index in [4.69, 9.17) is 10.5 Å². The highest BCUT2D eigenvalue weighted by molar-refractivity contribution is 5.86. The van der Waals surface area contributed by atoms with E-state index >= 15 is 0 Å². The van der Waals surface area contributed by atoms with Crippen LogP contribution in [0.3, 0.4) is 0 Å². The summed E-state index contributed by atoms with van der Waals surface area (Å²) in [7, 11) is 0. The molecule has 0 bridgehead atoms. The standard InChI is InChI=1S/C14H26N2O3/c1-3-5-6-7-8-9-10-12(14(15)18)16-13(17)11-19-4-2/h3,12H,1,4-11H2,2H3,(H2,15,18)(H,16,17)/t12-/m0/s1. The zero-order chi connectivity index (χ0) is 14.5. The SMILES string of the molecule is C=CCCCCCC[C@H](NC(=O)COCC)C(N)=O. The molecule has 0 fully saturated rings. The van der Waals surface area contributed by atoms with E-state index in [1.807, 2.05) is 13.0 Å². The lowest BCUT2D eigenvalue weighted by atomic mass is 10.1. The monoisotopic (exact) mass is 270 g/mol. The molecule has 19 heavy (non-hydrogen) atoms. The van der Waals surface area contributed by atoms with Crippen molar-refractivity contribution in [2.75, 3.05) is 13.2 Å². The molecular weight excluding hydrogens is 244 g/mol. The summed E-state index contributed by atoms with van der Waals surface area (Å²) in [4.78, 5) is 22.7. The van der Waals surface area contributed by atoms with Crippen LogP contribution in [-0.2, 0) is 14.3 Å². The maximum absolute atomic E-state index is 11.4. The molecule has 0 unspecified atom stereocenters. The molecule has 0 aromatic heterocycles. The van der Waals surface area contributed by atoms with E-state index in [0.29, 0.717) is 13.0 Å². The van der Waals surface area contributed by atoms with Gasteiger partial charge in [-0.2, -0.15) is 0 Å². The van der Waals surface area contributed by atoms with Crippen LogP contribution in [0, 0.1) is 0 Å². The lowest BCUT2D eigenvalue weighted by Crippen LogP contribution is -2.45. The molecule has 1 atom stereocenters. The molecule has 5 nitrogen and oxygen atoms in total. The molecule has 0 radical (unpaired) electrons. The van der Waals surface area contributed by atoms with Gasteiger partial charge in [-0.15, -0.1) is 6.58 Å². The number of hydrogen-bond acceptors (Lipinski definition) is 3. The topological polar surface area (TPSA) is 81.4 Å². The number of amides is 2. The van der Waals surface area contributed by atoms with Crippen LogP contribution in [0.1, 0.15) is 45.4 Å². The van der Waals surface area contributed by atoms with E-state index in [1.54, 1.807) is 0 Å². The minimum Gasteiger partial charge on any atom is -0.372 e. The smallest absolute Gasteiger partial charge is 0.246 e. The van der Waals surface area contributed by atoms with Crippen LogP contribution >= 0.6 is 0 Å². The number of primary amides is 1. The van der Waals surface area contributed by atoms with Crippen molar-refractivity contribution in [3.05, 3.63) is 12.7 Å². The van der Waals surface area contributed by atoms with Gasteiger partial charge in [-0.3, -0.25) is 9.59 Å². The number of rotatable bonds is 12. The Morgan fingerprint density at radius 1 is 1.32 bits per heavy atom. The summed E-state index contributed by atoms with van der Waals surface area (Å²) in [6.07, 6.45) is 7.62. The molecule has 5 heteroatoms. The van der Waals surface area contributed by atoms with Crippen LogP contribution in [0.5, 0.6) is 0 Å². The second-order valence-electron chi connectivity index (χ2n) is 4.44.